The Bertz CT molecular complexity index is 1020. The van der Waals surface area contributed by atoms with Crippen LogP contribution in [-0.2, 0) is 49.8 Å². The predicted molar refractivity (Wildman–Crippen MR) is 109 cm³/mol. The van der Waals surface area contributed by atoms with E-state index in [1.54, 1.807) is 0 Å². The molecule has 0 bridgehead atoms. The van der Waals surface area contributed by atoms with Crippen molar-refractivity contribution in [2.24, 2.45) is 0 Å². The van der Waals surface area contributed by atoms with Gasteiger partial charge >= 0.3 is 0 Å². The average molecular weight is 666 g/mol. The first-order valence-electron chi connectivity index (χ1n) is 9.81. The SMILES string of the molecule is O=C([O-])C(O)C(O)C(=O)[O-].O=C([O-])C(O)C(O)C(=O)[O-].O=C([O-])C=Cc1cnc[nH]1.O=C([O-])C=Cc1cnc[nH]1.[Mo]. The first-order chi connectivity index (χ1) is 18.5. The maximum atomic E-state index is 9.86. The Balaban J connectivity index is -0.000000466. The zero-order valence-corrected chi connectivity index (χ0v) is 21.9. The predicted octanol–water partition coefficient (Wildman–Crippen LogP) is -11.2. The number of aliphatic hydroxyl groups is 4. The number of carbonyl (C=O) groups is 6. The second kappa shape index (κ2) is 22.1. The van der Waals surface area contributed by atoms with Gasteiger partial charge < -0.3 is 89.8 Å². The molecule has 2 aromatic heterocycles. The Morgan fingerprint density at radius 3 is 0.976 bits per heavy atom. The minimum absolute atomic E-state index is 0. The molecule has 41 heavy (non-hydrogen) atoms. The number of aliphatic carboxylic acids is 6. The molecule has 4 unspecified atom stereocenters. The topological polar surface area (TPSA) is 379 Å². The molecular formula is C20H18MoN4O16-6. The molecular weight excluding hydrogens is 648 g/mol. The van der Waals surface area contributed by atoms with Crippen LogP contribution in [0, 0.1) is 0 Å². The van der Waals surface area contributed by atoms with Crippen LogP contribution in [0.3, 0.4) is 0 Å². The summed E-state index contributed by atoms with van der Waals surface area (Å²) in [6.07, 6.45) is 0.832. The number of imidazole rings is 2. The van der Waals surface area contributed by atoms with Gasteiger partial charge in [-0.1, -0.05) is 0 Å². The molecule has 0 fully saturated rings. The van der Waals surface area contributed by atoms with E-state index in [1.165, 1.54) is 37.2 Å². The minimum Gasteiger partial charge on any atom is -0.547 e. The third kappa shape index (κ3) is 20.8. The van der Waals surface area contributed by atoms with Gasteiger partial charge in [0.05, 0.1) is 72.3 Å². The summed E-state index contributed by atoms with van der Waals surface area (Å²) in [6.45, 7) is 0. The zero-order chi connectivity index (χ0) is 31.4. The van der Waals surface area contributed by atoms with E-state index in [4.69, 9.17) is 20.4 Å². The molecule has 2 heterocycles. The fourth-order valence-electron chi connectivity index (χ4n) is 1.55. The molecule has 20 nitrogen and oxygen atoms in total. The smallest absolute Gasteiger partial charge is 0.124 e. The molecule has 2 rings (SSSR count). The molecule has 0 aromatic carbocycles. The number of carboxylic acids is 6. The summed E-state index contributed by atoms with van der Waals surface area (Å²) in [4.78, 5) is 71.0. The summed E-state index contributed by atoms with van der Waals surface area (Å²) in [5.74, 6) is -10.7. The Kier molecular flexibility index (Phi) is 22.0. The van der Waals surface area contributed by atoms with E-state index in [0.717, 1.165) is 12.2 Å². The van der Waals surface area contributed by atoms with E-state index in [0.29, 0.717) is 11.4 Å². The van der Waals surface area contributed by atoms with Crippen molar-refractivity contribution >= 4 is 48.0 Å². The number of H-pyrrole nitrogens is 2. The van der Waals surface area contributed by atoms with Gasteiger partial charge in [0.25, 0.3) is 0 Å². The largest absolute Gasteiger partial charge is 0.547 e. The Hall–Kier alpha value is -4.75. The molecule has 226 valence electrons. The van der Waals surface area contributed by atoms with Gasteiger partial charge in [-0.15, -0.1) is 0 Å². The van der Waals surface area contributed by atoms with Crippen LogP contribution in [0.5, 0.6) is 0 Å². The average Bonchev–Trinajstić information content (AvgIpc) is 3.59. The molecule has 0 saturated carbocycles. The van der Waals surface area contributed by atoms with Crippen LogP contribution in [0.15, 0.2) is 37.2 Å². The van der Waals surface area contributed by atoms with Crippen molar-refractivity contribution in [1.82, 2.24) is 19.9 Å². The van der Waals surface area contributed by atoms with Gasteiger partial charge in [-0.2, -0.15) is 0 Å². The molecule has 0 radical (unpaired) electrons. The molecule has 0 aliphatic rings. The van der Waals surface area contributed by atoms with E-state index in [2.05, 4.69) is 19.9 Å². The van der Waals surface area contributed by atoms with Crippen LogP contribution in [0.1, 0.15) is 11.4 Å². The van der Waals surface area contributed by atoms with Crippen LogP contribution < -0.4 is 30.6 Å². The standard InChI is InChI=1S/2C6H6N2O2.2C4H6O6.Mo/c2*9-6(10)2-1-5-3-7-4-8-5;2*5-1(3(7)8)2(6)4(9)10;/h2*1-4H,(H,7,8)(H,9,10);2*1-2,5-6H,(H,7,8)(H,9,10);/p-6. The van der Waals surface area contributed by atoms with Crippen molar-refractivity contribution < 1.29 is 101 Å². The minimum atomic E-state index is -2.44. The van der Waals surface area contributed by atoms with Crippen molar-refractivity contribution in [2.45, 2.75) is 24.4 Å². The normalized spacial score (nSPS) is 12.8. The number of nitrogens with one attached hydrogen (secondary N) is 2. The van der Waals surface area contributed by atoms with Crippen molar-refractivity contribution in [3.8, 4) is 0 Å². The monoisotopic (exact) mass is 668 g/mol. The maximum Gasteiger partial charge on any atom is 0.124 e. The molecule has 4 atom stereocenters. The number of aromatic nitrogens is 4. The number of rotatable bonds is 10. The first-order valence-corrected chi connectivity index (χ1v) is 9.81. The van der Waals surface area contributed by atoms with Gasteiger partial charge in [-0.05, 0) is 24.3 Å². The number of aromatic amines is 2. The third-order valence-corrected chi connectivity index (χ3v) is 3.40. The van der Waals surface area contributed by atoms with Gasteiger partial charge in [-0.25, -0.2) is 9.97 Å². The van der Waals surface area contributed by atoms with Crippen molar-refractivity contribution in [2.75, 3.05) is 0 Å². The van der Waals surface area contributed by atoms with Crippen molar-refractivity contribution in [1.29, 1.82) is 0 Å². The molecule has 0 aliphatic heterocycles. The zero-order valence-electron chi connectivity index (χ0n) is 19.9. The molecule has 2 aromatic rings. The molecule has 0 spiro atoms. The van der Waals surface area contributed by atoms with Crippen LogP contribution in [0.4, 0.5) is 0 Å². The van der Waals surface area contributed by atoms with Crippen LogP contribution in [-0.4, -0.2) is 101 Å². The summed E-state index contributed by atoms with van der Waals surface area (Å²) < 4.78 is 0. The van der Waals surface area contributed by atoms with E-state index >= 15 is 0 Å². The number of carboxylic acid groups (broad SMARTS) is 6. The Morgan fingerprint density at radius 2 is 0.829 bits per heavy atom. The number of nitrogens with zero attached hydrogens (tertiary/aromatic N) is 2. The third-order valence-electron chi connectivity index (χ3n) is 3.40. The molecule has 0 amide bonds. The van der Waals surface area contributed by atoms with Crippen LogP contribution in [0.2, 0.25) is 0 Å². The number of hydrogen-bond acceptors (Lipinski definition) is 18. The molecule has 21 heteroatoms. The maximum absolute atomic E-state index is 9.86. The second-order valence-corrected chi connectivity index (χ2v) is 6.37. The van der Waals surface area contributed by atoms with Crippen molar-refractivity contribution in [3.05, 3.63) is 48.6 Å². The molecule has 0 aliphatic carbocycles. The summed E-state index contributed by atoms with van der Waals surface area (Å²) in [5, 5.41) is 91.2. The quantitative estimate of drug-likeness (QED) is 0.101. The van der Waals surface area contributed by atoms with E-state index in [9.17, 15) is 59.4 Å². The van der Waals surface area contributed by atoms with Crippen LogP contribution >= 0.6 is 0 Å². The summed E-state index contributed by atoms with van der Waals surface area (Å²) in [6, 6.07) is 0. The Labute approximate surface area is 241 Å². The Morgan fingerprint density at radius 1 is 0.585 bits per heavy atom. The molecule has 0 saturated heterocycles. The second-order valence-electron chi connectivity index (χ2n) is 6.37. The summed E-state index contributed by atoms with van der Waals surface area (Å²) in [5.41, 5.74) is 1.29. The van der Waals surface area contributed by atoms with E-state index < -0.39 is 60.2 Å². The fraction of sp³-hybridized carbons (Fsp3) is 0.200. The van der Waals surface area contributed by atoms with E-state index in [1.807, 2.05) is 0 Å². The number of carbonyl (C=O) groups excluding carboxylic acids is 6. The summed E-state index contributed by atoms with van der Waals surface area (Å²) >= 11 is 0. The fourth-order valence-corrected chi connectivity index (χ4v) is 1.55. The summed E-state index contributed by atoms with van der Waals surface area (Å²) in [7, 11) is 0. The van der Waals surface area contributed by atoms with E-state index in [-0.39, 0.29) is 21.1 Å². The van der Waals surface area contributed by atoms with Crippen molar-refractivity contribution in [3.63, 3.8) is 0 Å². The van der Waals surface area contributed by atoms with Gasteiger partial charge in [0.2, 0.25) is 0 Å². The van der Waals surface area contributed by atoms with Gasteiger partial charge in [0.15, 0.2) is 0 Å². The van der Waals surface area contributed by atoms with Gasteiger partial charge in [-0.3, -0.25) is 0 Å². The molecule has 6 N–H and O–H groups in total. The van der Waals surface area contributed by atoms with Gasteiger partial charge in [0.1, 0.15) is 24.4 Å². The van der Waals surface area contributed by atoms with Gasteiger partial charge in [0, 0.05) is 21.1 Å². The number of hydrogen-bond donors (Lipinski definition) is 6. The number of aliphatic hydroxyl groups excluding tert-OH is 4. The van der Waals surface area contributed by atoms with Crippen LogP contribution in [0.25, 0.3) is 12.2 Å². The first kappa shape index (κ1) is 40.7.